The van der Waals surface area contributed by atoms with Crippen molar-refractivity contribution in [2.45, 2.75) is 45.2 Å². The van der Waals surface area contributed by atoms with Crippen LogP contribution in [0, 0.1) is 5.41 Å². The number of hydrogen-bond donors (Lipinski definition) is 2. The topological polar surface area (TPSA) is 75.6 Å². The van der Waals surface area contributed by atoms with E-state index in [4.69, 9.17) is 4.74 Å². The molecule has 0 aliphatic carbocycles. The highest BCUT2D eigenvalue weighted by Gasteiger charge is 2.26. The Hall–Kier alpha value is -1.11. The van der Waals surface area contributed by atoms with Crippen molar-refractivity contribution in [3.63, 3.8) is 0 Å². The maximum absolute atomic E-state index is 12.3. The van der Waals surface area contributed by atoms with Gasteiger partial charge in [-0.3, -0.25) is 0 Å². The fraction of sp³-hybridized carbons (Fsp3) is 0.571. The van der Waals surface area contributed by atoms with Crippen molar-refractivity contribution in [3.05, 3.63) is 23.8 Å². The number of aliphatic hydroxyl groups excluding tert-OH is 1. The second-order valence-electron chi connectivity index (χ2n) is 5.84. The summed E-state index contributed by atoms with van der Waals surface area (Å²) in [5.41, 5.74) is 0.262. The van der Waals surface area contributed by atoms with Gasteiger partial charge in [0.05, 0.1) is 18.6 Å². The first-order valence-electron chi connectivity index (χ1n) is 6.42. The number of benzene rings is 1. The van der Waals surface area contributed by atoms with Crippen LogP contribution in [0.5, 0.6) is 5.75 Å². The van der Waals surface area contributed by atoms with E-state index in [1.54, 1.807) is 6.07 Å². The van der Waals surface area contributed by atoms with Gasteiger partial charge < -0.3 is 9.84 Å². The van der Waals surface area contributed by atoms with Gasteiger partial charge >= 0.3 is 0 Å². The third-order valence-corrected chi connectivity index (χ3v) is 4.90. The maximum atomic E-state index is 12.3. The molecule has 0 saturated heterocycles. The lowest BCUT2D eigenvalue weighted by Crippen LogP contribution is -2.41. The first-order chi connectivity index (χ1) is 9.11. The Morgan fingerprint density at radius 2 is 1.95 bits per heavy atom. The molecule has 1 aromatic carbocycles. The van der Waals surface area contributed by atoms with Crippen LogP contribution in [0.1, 0.15) is 33.3 Å². The third kappa shape index (κ3) is 3.94. The predicted octanol–water partition coefficient (Wildman–Crippen LogP) is 1.90. The average Bonchev–Trinajstić information content (AvgIpc) is 2.36. The summed E-state index contributed by atoms with van der Waals surface area (Å²) >= 11 is 0. The van der Waals surface area contributed by atoms with Crippen molar-refractivity contribution >= 4 is 10.0 Å². The van der Waals surface area contributed by atoms with E-state index in [1.165, 1.54) is 19.2 Å². The van der Waals surface area contributed by atoms with Crippen LogP contribution in [0.3, 0.4) is 0 Å². The summed E-state index contributed by atoms with van der Waals surface area (Å²) in [5.74, 6) is 0.468. The Kier molecular flexibility index (Phi) is 5.18. The third-order valence-electron chi connectivity index (χ3n) is 3.36. The minimum absolute atomic E-state index is 0.124. The van der Waals surface area contributed by atoms with Crippen LogP contribution in [0.15, 0.2) is 23.1 Å². The van der Waals surface area contributed by atoms with Crippen LogP contribution in [0.25, 0.3) is 0 Å². The maximum Gasteiger partial charge on any atom is 0.240 e. The van der Waals surface area contributed by atoms with Crippen molar-refractivity contribution in [1.82, 2.24) is 4.72 Å². The molecule has 5 nitrogen and oxygen atoms in total. The van der Waals surface area contributed by atoms with Gasteiger partial charge in [0, 0.05) is 11.6 Å². The van der Waals surface area contributed by atoms with Gasteiger partial charge in [-0.1, -0.05) is 20.8 Å². The number of hydrogen-bond acceptors (Lipinski definition) is 4. The van der Waals surface area contributed by atoms with Crippen LogP contribution in [0.2, 0.25) is 0 Å². The first-order valence-corrected chi connectivity index (χ1v) is 7.90. The molecule has 114 valence electrons. The fourth-order valence-corrected chi connectivity index (χ4v) is 3.02. The Bertz CT molecular complexity index is 561. The largest absolute Gasteiger partial charge is 0.496 e. The molecule has 0 spiro atoms. The molecule has 0 saturated carbocycles. The van der Waals surface area contributed by atoms with Crippen LogP contribution >= 0.6 is 0 Å². The molecule has 1 rings (SSSR count). The van der Waals surface area contributed by atoms with E-state index in [2.05, 4.69) is 4.72 Å². The minimum atomic E-state index is -3.62. The van der Waals surface area contributed by atoms with Gasteiger partial charge in [-0.25, -0.2) is 13.1 Å². The highest BCUT2D eigenvalue weighted by molar-refractivity contribution is 7.89. The van der Waals surface area contributed by atoms with Gasteiger partial charge in [0.15, 0.2) is 0 Å². The second kappa shape index (κ2) is 6.11. The van der Waals surface area contributed by atoms with Gasteiger partial charge in [-0.2, -0.15) is 0 Å². The first kappa shape index (κ1) is 16.9. The summed E-state index contributed by atoms with van der Waals surface area (Å²) in [6.45, 7) is 7.45. The van der Waals surface area contributed by atoms with Crippen LogP contribution in [-0.4, -0.2) is 26.7 Å². The lowest BCUT2D eigenvalue weighted by molar-refractivity contribution is 0.273. The quantitative estimate of drug-likeness (QED) is 0.871. The van der Waals surface area contributed by atoms with E-state index in [0.717, 1.165) is 0 Å². The van der Waals surface area contributed by atoms with E-state index < -0.39 is 10.0 Å². The Balaban J connectivity index is 3.10. The number of nitrogens with one attached hydrogen (secondary N) is 1. The molecule has 2 N–H and O–H groups in total. The molecule has 0 radical (unpaired) electrons. The summed E-state index contributed by atoms with van der Waals surface area (Å²) < 4.78 is 32.4. The van der Waals surface area contributed by atoms with Crippen LogP contribution in [0.4, 0.5) is 0 Å². The number of sulfonamides is 1. The smallest absolute Gasteiger partial charge is 0.240 e. The summed E-state index contributed by atoms with van der Waals surface area (Å²) in [6, 6.07) is 4.22. The van der Waals surface area contributed by atoms with Crippen molar-refractivity contribution in [2.75, 3.05) is 7.11 Å². The molecule has 0 aliphatic heterocycles. The monoisotopic (exact) mass is 301 g/mol. The molecule has 0 amide bonds. The highest BCUT2D eigenvalue weighted by atomic mass is 32.2. The van der Waals surface area contributed by atoms with E-state index in [-0.39, 0.29) is 23.0 Å². The summed E-state index contributed by atoms with van der Waals surface area (Å²) in [5, 5.41) is 9.26. The van der Waals surface area contributed by atoms with Crippen molar-refractivity contribution in [2.24, 2.45) is 5.41 Å². The Labute approximate surface area is 121 Å². The summed E-state index contributed by atoms with van der Waals surface area (Å²) in [4.78, 5) is 0.124. The van der Waals surface area contributed by atoms with Crippen molar-refractivity contribution < 1.29 is 18.3 Å². The Morgan fingerprint density at radius 1 is 1.35 bits per heavy atom. The zero-order valence-electron chi connectivity index (χ0n) is 12.6. The van der Waals surface area contributed by atoms with Crippen molar-refractivity contribution in [3.8, 4) is 5.75 Å². The molecule has 0 aliphatic rings. The lowest BCUT2D eigenvalue weighted by atomic mass is 9.89. The molecular weight excluding hydrogens is 278 g/mol. The van der Waals surface area contributed by atoms with Gasteiger partial charge in [-0.05, 0) is 30.5 Å². The minimum Gasteiger partial charge on any atom is -0.496 e. The number of rotatable bonds is 5. The van der Waals surface area contributed by atoms with E-state index >= 15 is 0 Å². The van der Waals surface area contributed by atoms with Gasteiger partial charge in [0.2, 0.25) is 10.0 Å². The number of aliphatic hydroxyl groups is 1. The number of ether oxygens (including phenoxy) is 1. The molecule has 0 fully saturated rings. The molecule has 0 heterocycles. The van der Waals surface area contributed by atoms with Gasteiger partial charge in [0.25, 0.3) is 0 Å². The zero-order valence-corrected chi connectivity index (χ0v) is 13.4. The van der Waals surface area contributed by atoms with Gasteiger partial charge in [-0.15, -0.1) is 0 Å². The van der Waals surface area contributed by atoms with E-state index in [9.17, 15) is 13.5 Å². The molecule has 1 atom stereocenters. The molecule has 1 unspecified atom stereocenters. The Morgan fingerprint density at radius 3 is 2.40 bits per heavy atom. The van der Waals surface area contributed by atoms with E-state index in [1.807, 2.05) is 27.7 Å². The highest BCUT2D eigenvalue weighted by Crippen LogP contribution is 2.24. The molecule has 0 bridgehead atoms. The van der Waals surface area contributed by atoms with E-state index in [0.29, 0.717) is 11.3 Å². The zero-order chi connectivity index (χ0) is 15.6. The predicted molar refractivity (Wildman–Crippen MR) is 78.2 cm³/mol. The standard InChI is InChI=1S/C14H23NO4S/c1-10(14(2,3)4)15-20(17,18)12-6-7-13(19-5)11(8-12)9-16/h6-8,10,15-16H,9H2,1-5H3. The second-order valence-corrected chi connectivity index (χ2v) is 7.55. The van der Waals surface area contributed by atoms with Crippen LogP contribution < -0.4 is 9.46 Å². The fourth-order valence-electron chi connectivity index (χ4n) is 1.52. The number of methoxy groups -OCH3 is 1. The van der Waals surface area contributed by atoms with Crippen molar-refractivity contribution in [1.29, 1.82) is 0 Å². The lowest BCUT2D eigenvalue weighted by Gasteiger charge is -2.27. The normalized spacial score (nSPS) is 14.1. The molecule has 1 aromatic rings. The SMILES string of the molecule is COc1ccc(S(=O)(=O)NC(C)C(C)(C)C)cc1CO. The summed E-state index contributed by atoms with van der Waals surface area (Å²) in [7, 11) is -2.14. The van der Waals surface area contributed by atoms with Gasteiger partial charge in [0.1, 0.15) is 5.75 Å². The molecule has 0 aromatic heterocycles. The van der Waals surface area contributed by atoms with Crippen LogP contribution in [-0.2, 0) is 16.6 Å². The summed E-state index contributed by atoms with van der Waals surface area (Å²) in [6.07, 6.45) is 0. The average molecular weight is 301 g/mol. The molecule has 6 heteroatoms. The molecule has 20 heavy (non-hydrogen) atoms. The molecular formula is C14H23NO4S.